The zero-order valence-corrected chi connectivity index (χ0v) is 11.8. The molecule has 0 atom stereocenters. The molecular formula is C16H16O2S. The number of carboxylic acids is 1. The molecule has 3 heteroatoms. The van der Waals surface area contributed by atoms with Crippen molar-refractivity contribution >= 4 is 17.7 Å². The van der Waals surface area contributed by atoms with Gasteiger partial charge in [-0.2, -0.15) is 0 Å². The predicted molar refractivity (Wildman–Crippen MR) is 78.1 cm³/mol. The van der Waals surface area contributed by atoms with Crippen LogP contribution in [0.5, 0.6) is 0 Å². The van der Waals surface area contributed by atoms with Gasteiger partial charge in [0.1, 0.15) is 0 Å². The third kappa shape index (κ3) is 3.38. The van der Waals surface area contributed by atoms with Crippen molar-refractivity contribution in [1.82, 2.24) is 0 Å². The molecule has 0 saturated heterocycles. The fraction of sp³-hybridized carbons (Fsp3) is 0.188. The Morgan fingerprint density at radius 1 is 1.11 bits per heavy atom. The van der Waals surface area contributed by atoms with Crippen LogP contribution in [-0.2, 0) is 6.42 Å². The van der Waals surface area contributed by atoms with E-state index in [1.54, 1.807) is 23.9 Å². The summed E-state index contributed by atoms with van der Waals surface area (Å²) in [7, 11) is 0. The standard InChI is InChI=1S/C16H16O2S/c1-3-12-4-9-15(10-11(12)2)19-14-7-5-13(6-8-14)16(17)18/h4-10H,3H2,1-2H3,(H,17,18). The van der Waals surface area contributed by atoms with Crippen LogP contribution in [0.25, 0.3) is 0 Å². The van der Waals surface area contributed by atoms with E-state index in [9.17, 15) is 4.79 Å². The first kappa shape index (κ1) is 13.7. The lowest BCUT2D eigenvalue weighted by atomic mass is 10.1. The zero-order chi connectivity index (χ0) is 13.8. The van der Waals surface area contributed by atoms with Crippen molar-refractivity contribution < 1.29 is 9.90 Å². The summed E-state index contributed by atoms with van der Waals surface area (Å²) in [5.74, 6) is -0.889. The molecule has 2 rings (SSSR count). The van der Waals surface area contributed by atoms with Crippen LogP contribution >= 0.6 is 11.8 Å². The average molecular weight is 272 g/mol. The predicted octanol–water partition coefficient (Wildman–Crippen LogP) is 4.41. The van der Waals surface area contributed by atoms with Crippen molar-refractivity contribution in [3.63, 3.8) is 0 Å². The van der Waals surface area contributed by atoms with E-state index in [2.05, 4.69) is 32.0 Å². The normalized spacial score (nSPS) is 10.4. The SMILES string of the molecule is CCc1ccc(Sc2ccc(C(=O)O)cc2)cc1C. The summed E-state index contributed by atoms with van der Waals surface area (Å²) in [4.78, 5) is 13.0. The van der Waals surface area contributed by atoms with Gasteiger partial charge >= 0.3 is 5.97 Å². The first-order chi connectivity index (χ1) is 9.10. The second-order valence-corrected chi connectivity index (χ2v) is 5.52. The van der Waals surface area contributed by atoms with Gasteiger partial charge in [0.25, 0.3) is 0 Å². The Morgan fingerprint density at radius 3 is 2.26 bits per heavy atom. The van der Waals surface area contributed by atoms with Gasteiger partial charge in [-0.15, -0.1) is 0 Å². The van der Waals surface area contributed by atoms with Gasteiger partial charge in [0.2, 0.25) is 0 Å². The zero-order valence-electron chi connectivity index (χ0n) is 11.0. The van der Waals surface area contributed by atoms with E-state index < -0.39 is 5.97 Å². The Balaban J connectivity index is 2.16. The van der Waals surface area contributed by atoms with Gasteiger partial charge in [-0.3, -0.25) is 0 Å². The lowest BCUT2D eigenvalue weighted by Crippen LogP contribution is -1.94. The molecule has 0 saturated carbocycles. The van der Waals surface area contributed by atoms with Crippen LogP contribution in [0.3, 0.4) is 0 Å². The fourth-order valence-electron chi connectivity index (χ4n) is 1.93. The van der Waals surface area contributed by atoms with Crippen molar-refractivity contribution in [1.29, 1.82) is 0 Å². The maximum Gasteiger partial charge on any atom is 0.335 e. The molecule has 19 heavy (non-hydrogen) atoms. The third-order valence-electron chi connectivity index (χ3n) is 3.03. The molecule has 0 radical (unpaired) electrons. The summed E-state index contributed by atoms with van der Waals surface area (Å²) in [5, 5.41) is 8.85. The van der Waals surface area contributed by atoms with Gasteiger partial charge in [-0.05, 0) is 60.9 Å². The highest BCUT2D eigenvalue weighted by Crippen LogP contribution is 2.29. The van der Waals surface area contributed by atoms with Gasteiger partial charge in [-0.1, -0.05) is 24.8 Å². The summed E-state index contributed by atoms with van der Waals surface area (Å²) in [6.07, 6.45) is 1.05. The molecule has 0 unspecified atom stereocenters. The molecule has 1 N–H and O–H groups in total. The molecule has 0 amide bonds. The van der Waals surface area contributed by atoms with Crippen LogP contribution in [-0.4, -0.2) is 11.1 Å². The van der Waals surface area contributed by atoms with Crippen LogP contribution in [0.15, 0.2) is 52.3 Å². The maximum atomic E-state index is 10.8. The second kappa shape index (κ2) is 5.93. The Morgan fingerprint density at radius 2 is 1.74 bits per heavy atom. The molecule has 2 aromatic carbocycles. The Bertz CT molecular complexity index is 588. The number of aryl methyl sites for hydroxylation is 2. The molecule has 2 nitrogen and oxygen atoms in total. The second-order valence-electron chi connectivity index (χ2n) is 4.37. The first-order valence-corrected chi connectivity index (χ1v) is 7.02. The minimum absolute atomic E-state index is 0.321. The monoisotopic (exact) mass is 272 g/mol. The molecule has 0 aliphatic rings. The molecule has 0 aliphatic heterocycles. The van der Waals surface area contributed by atoms with Crippen molar-refractivity contribution in [2.45, 2.75) is 30.1 Å². The highest BCUT2D eigenvalue weighted by atomic mass is 32.2. The minimum atomic E-state index is -0.889. The minimum Gasteiger partial charge on any atom is -0.478 e. The molecule has 0 spiro atoms. The summed E-state index contributed by atoms with van der Waals surface area (Å²) in [6.45, 7) is 4.27. The highest BCUT2D eigenvalue weighted by molar-refractivity contribution is 7.99. The van der Waals surface area contributed by atoms with Crippen LogP contribution in [0, 0.1) is 6.92 Å². The number of carbonyl (C=O) groups is 1. The van der Waals surface area contributed by atoms with E-state index in [0.29, 0.717) is 5.56 Å². The molecular weight excluding hydrogens is 256 g/mol. The molecule has 2 aromatic rings. The summed E-state index contributed by atoms with van der Waals surface area (Å²) in [5.41, 5.74) is 2.99. The Labute approximate surface area is 117 Å². The van der Waals surface area contributed by atoms with Gasteiger partial charge in [-0.25, -0.2) is 4.79 Å². The van der Waals surface area contributed by atoms with E-state index in [4.69, 9.17) is 5.11 Å². The number of hydrogen-bond acceptors (Lipinski definition) is 2. The van der Waals surface area contributed by atoms with Crippen molar-refractivity contribution in [2.24, 2.45) is 0 Å². The van der Waals surface area contributed by atoms with Gasteiger partial charge in [0.15, 0.2) is 0 Å². The summed E-state index contributed by atoms with van der Waals surface area (Å²) >= 11 is 1.65. The summed E-state index contributed by atoms with van der Waals surface area (Å²) in [6, 6.07) is 13.4. The molecule has 0 bridgehead atoms. The van der Waals surface area contributed by atoms with Crippen LogP contribution < -0.4 is 0 Å². The quantitative estimate of drug-likeness (QED) is 0.896. The number of carboxylic acid groups (broad SMARTS) is 1. The molecule has 98 valence electrons. The van der Waals surface area contributed by atoms with E-state index in [0.717, 1.165) is 11.3 Å². The fourth-order valence-corrected chi connectivity index (χ4v) is 2.85. The van der Waals surface area contributed by atoms with Crippen LogP contribution in [0.4, 0.5) is 0 Å². The van der Waals surface area contributed by atoms with E-state index >= 15 is 0 Å². The number of rotatable bonds is 4. The highest BCUT2D eigenvalue weighted by Gasteiger charge is 2.04. The van der Waals surface area contributed by atoms with Crippen molar-refractivity contribution in [3.05, 3.63) is 59.2 Å². The number of benzene rings is 2. The van der Waals surface area contributed by atoms with Gasteiger partial charge in [0, 0.05) is 9.79 Å². The molecule has 0 fully saturated rings. The molecule has 0 heterocycles. The Kier molecular flexibility index (Phi) is 4.27. The van der Waals surface area contributed by atoms with Crippen molar-refractivity contribution in [3.8, 4) is 0 Å². The van der Waals surface area contributed by atoms with Crippen LogP contribution in [0.1, 0.15) is 28.4 Å². The smallest absolute Gasteiger partial charge is 0.335 e. The third-order valence-corrected chi connectivity index (χ3v) is 4.03. The maximum absolute atomic E-state index is 10.8. The molecule has 0 aliphatic carbocycles. The lowest BCUT2D eigenvalue weighted by Gasteiger charge is -2.07. The van der Waals surface area contributed by atoms with E-state index in [1.807, 2.05) is 12.1 Å². The number of aromatic carboxylic acids is 1. The van der Waals surface area contributed by atoms with E-state index in [1.165, 1.54) is 16.0 Å². The summed E-state index contributed by atoms with van der Waals surface area (Å²) < 4.78 is 0. The molecule has 0 aromatic heterocycles. The Hall–Kier alpha value is -1.74. The largest absolute Gasteiger partial charge is 0.478 e. The van der Waals surface area contributed by atoms with Crippen LogP contribution in [0.2, 0.25) is 0 Å². The van der Waals surface area contributed by atoms with Gasteiger partial charge in [0.05, 0.1) is 5.56 Å². The van der Waals surface area contributed by atoms with E-state index in [-0.39, 0.29) is 0 Å². The lowest BCUT2D eigenvalue weighted by molar-refractivity contribution is 0.0697. The first-order valence-electron chi connectivity index (χ1n) is 6.21. The number of hydrogen-bond donors (Lipinski definition) is 1. The topological polar surface area (TPSA) is 37.3 Å². The van der Waals surface area contributed by atoms with Crippen molar-refractivity contribution in [2.75, 3.05) is 0 Å². The average Bonchev–Trinajstić information content (AvgIpc) is 2.39. The van der Waals surface area contributed by atoms with Gasteiger partial charge < -0.3 is 5.11 Å².